The third-order valence-corrected chi connectivity index (χ3v) is 7.17. The molecule has 1 fully saturated rings. The van der Waals surface area contributed by atoms with E-state index >= 15 is 0 Å². The van der Waals surface area contributed by atoms with Gasteiger partial charge in [0.05, 0.1) is 12.8 Å². The van der Waals surface area contributed by atoms with Gasteiger partial charge in [-0.15, -0.1) is 0 Å². The quantitative estimate of drug-likeness (QED) is 0.656. The molecule has 3 aliphatic rings. The summed E-state index contributed by atoms with van der Waals surface area (Å²) in [5.74, 6) is 0.697. The lowest BCUT2D eigenvalue weighted by atomic mass is 9.80. The summed E-state index contributed by atoms with van der Waals surface area (Å²) >= 11 is 0. The first-order valence-corrected chi connectivity index (χ1v) is 11.8. The molecule has 2 aromatic rings. The number of piperidine rings is 1. The number of carbonyl (C=O) groups is 2. The minimum Gasteiger partial charge on any atom is -0.481 e. The second-order valence-electron chi connectivity index (χ2n) is 9.24. The largest absolute Gasteiger partial charge is 0.481 e. The van der Waals surface area contributed by atoms with Crippen LogP contribution < -0.4 is 10.6 Å². The van der Waals surface area contributed by atoms with Crippen molar-refractivity contribution in [2.75, 3.05) is 31.5 Å². The normalized spacial score (nSPS) is 23.7. The molecule has 0 spiro atoms. The third-order valence-electron chi connectivity index (χ3n) is 7.17. The Bertz CT molecular complexity index is 1080. The van der Waals surface area contributed by atoms with Gasteiger partial charge in [-0.1, -0.05) is 36.4 Å². The van der Waals surface area contributed by atoms with Crippen molar-refractivity contribution in [2.45, 2.75) is 37.5 Å². The van der Waals surface area contributed by atoms with Crippen molar-refractivity contribution in [3.63, 3.8) is 0 Å². The van der Waals surface area contributed by atoms with Crippen LogP contribution in [0.15, 0.2) is 53.5 Å². The number of fused-ring (bicyclic) bond motifs is 3. The van der Waals surface area contributed by atoms with E-state index < -0.39 is 5.97 Å². The Hall–Kier alpha value is -3.35. The highest BCUT2D eigenvalue weighted by atomic mass is 16.4. The van der Waals surface area contributed by atoms with Crippen LogP contribution in [0.3, 0.4) is 0 Å². The van der Waals surface area contributed by atoms with E-state index in [2.05, 4.69) is 27.8 Å². The maximum absolute atomic E-state index is 13.2. The van der Waals surface area contributed by atoms with E-state index in [9.17, 15) is 14.7 Å². The Morgan fingerprint density at radius 3 is 2.79 bits per heavy atom. The Morgan fingerprint density at radius 1 is 1.15 bits per heavy atom. The Labute approximate surface area is 193 Å². The monoisotopic (exact) mass is 446 g/mol. The van der Waals surface area contributed by atoms with E-state index in [1.165, 1.54) is 5.56 Å². The number of guanidine groups is 1. The predicted octanol–water partition coefficient (Wildman–Crippen LogP) is 3.19. The second-order valence-corrected chi connectivity index (χ2v) is 9.24. The van der Waals surface area contributed by atoms with Gasteiger partial charge >= 0.3 is 5.97 Å². The van der Waals surface area contributed by atoms with Crippen molar-refractivity contribution in [3.05, 3.63) is 65.2 Å². The summed E-state index contributed by atoms with van der Waals surface area (Å²) in [6.07, 6.45) is 2.40. The van der Waals surface area contributed by atoms with Gasteiger partial charge in [0.25, 0.3) is 0 Å². The predicted molar refractivity (Wildman–Crippen MR) is 128 cm³/mol. The van der Waals surface area contributed by atoms with E-state index in [1.807, 2.05) is 41.3 Å². The first-order chi connectivity index (χ1) is 16.1. The molecular formula is C26H30N4O3. The van der Waals surface area contributed by atoms with E-state index in [1.54, 1.807) is 0 Å². The van der Waals surface area contributed by atoms with Crippen molar-refractivity contribution in [1.29, 1.82) is 0 Å². The summed E-state index contributed by atoms with van der Waals surface area (Å²) in [6, 6.07) is 16.1. The lowest BCUT2D eigenvalue weighted by molar-refractivity contribution is -0.138. The fourth-order valence-corrected chi connectivity index (χ4v) is 5.67. The zero-order chi connectivity index (χ0) is 22.8. The van der Waals surface area contributed by atoms with Crippen LogP contribution in [-0.2, 0) is 16.0 Å². The number of likely N-dealkylation sites (tertiary alicyclic amines) is 1. The molecule has 0 aromatic heterocycles. The highest BCUT2D eigenvalue weighted by Gasteiger charge is 2.44. The topological polar surface area (TPSA) is 94.0 Å². The number of aliphatic imine (C=N–C) groups is 1. The highest BCUT2D eigenvalue weighted by Crippen LogP contribution is 2.51. The molecule has 7 heteroatoms. The molecule has 5 rings (SSSR count). The molecule has 2 aromatic carbocycles. The summed E-state index contributed by atoms with van der Waals surface area (Å²) in [4.78, 5) is 31.1. The number of nitrogens with zero attached hydrogens (tertiary/aromatic N) is 2. The van der Waals surface area contributed by atoms with Gasteiger partial charge in [-0.3, -0.25) is 14.6 Å². The van der Waals surface area contributed by atoms with E-state index in [0.717, 1.165) is 48.7 Å². The summed E-state index contributed by atoms with van der Waals surface area (Å²) < 4.78 is 0. The lowest BCUT2D eigenvalue weighted by Crippen LogP contribution is -2.43. The van der Waals surface area contributed by atoms with Gasteiger partial charge in [-0.25, -0.2) is 0 Å². The summed E-state index contributed by atoms with van der Waals surface area (Å²) in [7, 11) is 0. The molecule has 0 bridgehead atoms. The second kappa shape index (κ2) is 9.25. The van der Waals surface area contributed by atoms with E-state index in [4.69, 9.17) is 0 Å². The SMILES string of the molecule is O=C(O)CC1c2ccccc2C2CN(C(=O)Cc3cccc(NC4=NCCCN4)c3)CCC12. The first kappa shape index (κ1) is 21.5. The fraction of sp³-hybridized carbons (Fsp3) is 0.423. The molecule has 2 heterocycles. The smallest absolute Gasteiger partial charge is 0.303 e. The third kappa shape index (κ3) is 4.58. The molecule has 7 nitrogen and oxygen atoms in total. The zero-order valence-corrected chi connectivity index (χ0v) is 18.7. The van der Waals surface area contributed by atoms with Gasteiger partial charge in [-0.05, 0) is 53.5 Å². The molecule has 1 aliphatic carbocycles. The zero-order valence-electron chi connectivity index (χ0n) is 18.7. The van der Waals surface area contributed by atoms with Crippen molar-refractivity contribution in [3.8, 4) is 0 Å². The Kier molecular flexibility index (Phi) is 6.03. The van der Waals surface area contributed by atoms with Gasteiger partial charge in [0, 0.05) is 37.8 Å². The van der Waals surface area contributed by atoms with Crippen LogP contribution in [0.2, 0.25) is 0 Å². The van der Waals surface area contributed by atoms with Crippen molar-refractivity contribution < 1.29 is 14.7 Å². The highest BCUT2D eigenvalue weighted by molar-refractivity contribution is 5.94. The molecule has 172 valence electrons. The molecule has 33 heavy (non-hydrogen) atoms. The van der Waals surface area contributed by atoms with Crippen molar-refractivity contribution in [1.82, 2.24) is 10.2 Å². The first-order valence-electron chi connectivity index (χ1n) is 11.8. The van der Waals surface area contributed by atoms with Gasteiger partial charge in [0.2, 0.25) is 5.91 Å². The van der Waals surface area contributed by atoms with E-state index in [0.29, 0.717) is 25.4 Å². The minimum absolute atomic E-state index is 0.0417. The average Bonchev–Trinajstić information content (AvgIpc) is 3.12. The fourth-order valence-electron chi connectivity index (χ4n) is 5.67. The molecule has 0 radical (unpaired) electrons. The van der Waals surface area contributed by atoms with Crippen LogP contribution in [0.25, 0.3) is 0 Å². The molecule has 3 atom stereocenters. The van der Waals surface area contributed by atoms with Crippen LogP contribution in [-0.4, -0.2) is 54.0 Å². The summed E-state index contributed by atoms with van der Waals surface area (Å²) in [5, 5.41) is 16.0. The number of anilines is 1. The minimum atomic E-state index is -0.753. The molecule has 3 unspecified atom stereocenters. The summed E-state index contributed by atoms with van der Waals surface area (Å²) in [6.45, 7) is 3.08. The lowest BCUT2D eigenvalue weighted by Gasteiger charge is -2.37. The van der Waals surface area contributed by atoms with Crippen LogP contribution in [0.4, 0.5) is 5.69 Å². The molecule has 2 aliphatic heterocycles. The van der Waals surface area contributed by atoms with Gasteiger partial charge in [0.1, 0.15) is 0 Å². The van der Waals surface area contributed by atoms with Gasteiger partial charge in [0.15, 0.2) is 5.96 Å². The number of aliphatic carboxylic acids is 1. The number of hydrogen-bond donors (Lipinski definition) is 3. The van der Waals surface area contributed by atoms with Crippen LogP contribution >= 0.6 is 0 Å². The molecular weight excluding hydrogens is 416 g/mol. The van der Waals surface area contributed by atoms with Gasteiger partial charge in [-0.2, -0.15) is 0 Å². The van der Waals surface area contributed by atoms with Crippen LogP contribution in [0.5, 0.6) is 0 Å². The summed E-state index contributed by atoms with van der Waals surface area (Å²) in [5.41, 5.74) is 4.27. The maximum atomic E-state index is 13.2. The van der Waals surface area contributed by atoms with Crippen molar-refractivity contribution in [2.24, 2.45) is 10.9 Å². The van der Waals surface area contributed by atoms with Crippen molar-refractivity contribution >= 4 is 23.5 Å². The number of carboxylic acids is 1. The number of rotatable bonds is 5. The Morgan fingerprint density at radius 2 is 2.00 bits per heavy atom. The number of carbonyl (C=O) groups excluding carboxylic acids is 1. The molecule has 3 N–H and O–H groups in total. The van der Waals surface area contributed by atoms with Crippen LogP contribution in [0.1, 0.15) is 47.8 Å². The van der Waals surface area contributed by atoms with Gasteiger partial charge < -0.3 is 20.6 Å². The number of amides is 1. The van der Waals surface area contributed by atoms with Crippen LogP contribution in [0, 0.1) is 5.92 Å². The standard InChI is InChI=1S/C26H30N4O3/c31-24(14-17-5-3-6-18(13-17)29-26-27-10-4-11-28-26)30-12-9-21-22(15-25(32)33)19-7-1-2-8-20(19)23(21)16-30/h1-3,5-8,13,21-23H,4,9-12,14-16H2,(H,32,33)(H2,27,28,29). The number of hydrogen-bond acceptors (Lipinski definition) is 5. The maximum Gasteiger partial charge on any atom is 0.303 e. The number of nitrogens with one attached hydrogen (secondary N) is 2. The number of benzene rings is 2. The van der Waals surface area contributed by atoms with E-state index in [-0.39, 0.29) is 24.2 Å². The molecule has 1 amide bonds. The average molecular weight is 447 g/mol. The Balaban J connectivity index is 1.26. The molecule has 1 saturated heterocycles. The number of carboxylic acid groups (broad SMARTS) is 1. The molecule has 0 saturated carbocycles.